The zero-order chi connectivity index (χ0) is 18.0. The topological polar surface area (TPSA) is 82.5 Å². The van der Waals surface area contributed by atoms with E-state index in [4.69, 9.17) is 14.9 Å². The van der Waals surface area contributed by atoms with Gasteiger partial charge >= 0.3 is 5.97 Å². The van der Waals surface area contributed by atoms with Crippen LogP contribution in [0.4, 0.5) is 0 Å². The maximum absolute atomic E-state index is 12.3. The molecule has 1 aromatic heterocycles. The minimum atomic E-state index is -1.10. The quantitative estimate of drug-likeness (QED) is 0.724. The molecule has 128 valence electrons. The van der Waals surface area contributed by atoms with Crippen molar-refractivity contribution in [3.8, 4) is 0 Å². The minimum absolute atomic E-state index is 0.00607. The number of nitrogens with two attached hydrogens (primary N) is 1. The number of ether oxygens (including phenoxy) is 1. The standard InChI is InChI=1S/C20H19NO4/c1-12-8-16-15(11-24-17(16)9-13(12)2)10-18(22)25-19(20(21)23)14-6-4-3-5-7-14/h3-9,11,19H,10H2,1-2H3,(H2,21,23). The molecule has 2 aromatic carbocycles. The predicted octanol–water partition coefficient (Wildman–Crippen LogP) is 3.36. The molecule has 0 radical (unpaired) electrons. The summed E-state index contributed by atoms with van der Waals surface area (Å²) in [5, 5.41) is 0.871. The smallest absolute Gasteiger partial charge is 0.311 e. The normalized spacial score (nSPS) is 12.1. The van der Waals surface area contributed by atoms with Crippen molar-refractivity contribution in [2.75, 3.05) is 0 Å². The number of furan rings is 1. The number of benzene rings is 2. The third-order valence-electron chi connectivity index (χ3n) is 4.21. The highest BCUT2D eigenvalue weighted by Gasteiger charge is 2.23. The first-order valence-electron chi connectivity index (χ1n) is 7.97. The van der Waals surface area contributed by atoms with Crippen LogP contribution in [0.25, 0.3) is 11.0 Å². The molecular formula is C20H19NO4. The molecule has 1 heterocycles. The lowest BCUT2D eigenvalue weighted by Gasteiger charge is -2.14. The summed E-state index contributed by atoms with van der Waals surface area (Å²) in [7, 11) is 0. The van der Waals surface area contributed by atoms with Crippen LogP contribution in [0.5, 0.6) is 0 Å². The molecule has 0 aliphatic heterocycles. The van der Waals surface area contributed by atoms with Crippen LogP contribution in [0.15, 0.2) is 53.1 Å². The van der Waals surface area contributed by atoms with Crippen LogP contribution in [0, 0.1) is 13.8 Å². The second-order valence-electron chi connectivity index (χ2n) is 6.05. The van der Waals surface area contributed by atoms with Crippen LogP contribution >= 0.6 is 0 Å². The van der Waals surface area contributed by atoms with Gasteiger partial charge in [-0.3, -0.25) is 9.59 Å². The number of esters is 1. The van der Waals surface area contributed by atoms with Crippen molar-refractivity contribution in [2.45, 2.75) is 26.4 Å². The number of carbonyl (C=O) groups is 2. The Kier molecular flexibility index (Phi) is 4.57. The second kappa shape index (κ2) is 6.81. The van der Waals surface area contributed by atoms with Crippen molar-refractivity contribution in [3.05, 3.63) is 71.0 Å². The SMILES string of the molecule is Cc1cc2occ(CC(=O)OC(C(N)=O)c3ccccc3)c2cc1C. The van der Waals surface area contributed by atoms with E-state index in [1.807, 2.05) is 32.0 Å². The Labute approximate surface area is 145 Å². The maximum Gasteiger partial charge on any atom is 0.311 e. The van der Waals surface area contributed by atoms with Crippen LogP contribution in [0.1, 0.15) is 28.4 Å². The molecule has 0 fully saturated rings. The first-order valence-corrected chi connectivity index (χ1v) is 7.97. The largest absolute Gasteiger partial charge is 0.464 e. The van der Waals surface area contributed by atoms with E-state index in [9.17, 15) is 9.59 Å². The summed E-state index contributed by atoms with van der Waals surface area (Å²) in [5.41, 5.74) is 9.61. The van der Waals surface area contributed by atoms with Gasteiger partial charge in [0, 0.05) is 16.5 Å². The van der Waals surface area contributed by atoms with Crippen LogP contribution in [-0.4, -0.2) is 11.9 Å². The Balaban J connectivity index is 1.80. The van der Waals surface area contributed by atoms with Gasteiger partial charge in [0.1, 0.15) is 5.58 Å². The Hall–Kier alpha value is -3.08. The lowest BCUT2D eigenvalue weighted by molar-refractivity contribution is -0.154. The lowest BCUT2D eigenvalue weighted by atomic mass is 10.0. The summed E-state index contributed by atoms with van der Waals surface area (Å²) in [6.45, 7) is 4.00. The van der Waals surface area contributed by atoms with Crippen molar-refractivity contribution < 1.29 is 18.7 Å². The average molecular weight is 337 g/mol. The molecule has 2 N–H and O–H groups in total. The van der Waals surface area contributed by atoms with Crippen molar-refractivity contribution >= 4 is 22.8 Å². The highest BCUT2D eigenvalue weighted by atomic mass is 16.5. The van der Waals surface area contributed by atoms with E-state index < -0.39 is 18.0 Å². The van der Waals surface area contributed by atoms with Gasteiger partial charge in [0.25, 0.3) is 5.91 Å². The summed E-state index contributed by atoms with van der Waals surface area (Å²) < 4.78 is 10.8. The van der Waals surface area contributed by atoms with Gasteiger partial charge in [-0.15, -0.1) is 0 Å². The molecule has 0 saturated carbocycles. The predicted molar refractivity (Wildman–Crippen MR) is 93.9 cm³/mol. The summed E-state index contributed by atoms with van der Waals surface area (Å²) in [6, 6.07) is 12.6. The van der Waals surface area contributed by atoms with Gasteiger partial charge in [0.15, 0.2) is 0 Å². The molecule has 0 aliphatic rings. The van der Waals surface area contributed by atoms with E-state index in [0.717, 1.165) is 27.7 Å². The Morgan fingerprint density at radius 2 is 1.80 bits per heavy atom. The van der Waals surface area contributed by atoms with E-state index in [0.29, 0.717) is 5.56 Å². The average Bonchev–Trinajstić information content (AvgIpc) is 2.95. The van der Waals surface area contributed by atoms with Gasteiger partial charge in [0.2, 0.25) is 6.10 Å². The van der Waals surface area contributed by atoms with E-state index in [-0.39, 0.29) is 6.42 Å². The van der Waals surface area contributed by atoms with Crippen molar-refractivity contribution in [1.82, 2.24) is 0 Å². The third-order valence-corrected chi connectivity index (χ3v) is 4.21. The van der Waals surface area contributed by atoms with E-state index in [1.54, 1.807) is 30.5 Å². The zero-order valence-corrected chi connectivity index (χ0v) is 14.1. The first-order chi connectivity index (χ1) is 12.0. The van der Waals surface area contributed by atoms with Crippen LogP contribution in [0.3, 0.4) is 0 Å². The number of amides is 1. The minimum Gasteiger partial charge on any atom is -0.464 e. The van der Waals surface area contributed by atoms with Crippen molar-refractivity contribution in [3.63, 3.8) is 0 Å². The molecule has 0 spiro atoms. The number of fused-ring (bicyclic) bond motifs is 1. The fraction of sp³-hybridized carbons (Fsp3) is 0.200. The molecule has 0 aliphatic carbocycles. The molecule has 1 amide bonds. The molecule has 5 heteroatoms. The van der Waals surface area contributed by atoms with E-state index in [2.05, 4.69) is 0 Å². The molecule has 5 nitrogen and oxygen atoms in total. The lowest BCUT2D eigenvalue weighted by Crippen LogP contribution is -2.26. The van der Waals surface area contributed by atoms with Gasteiger partial charge in [-0.05, 0) is 37.1 Å². The number of carbonyl (C=O) groups excluding carboxylic acids is 2. The summed E-state index contributed by atoms with van der Waals surface area (Å²) >= 11 is 0. The Bertz CT molecular complexity index is 928. The molecule has 25 heavy (non-hydrogen) atoms. The van der Waals surface area contributed by atoms with Crippen LogP contribution in [0.2, 0.25) is 0 Å². The van der Waals surface area contributed by atoms with Gasteiger partial charge in [0.05, 0.1) is 12.7 Å². The fourth-order valence-corrected chi connectivity index (χ4v) is 2.72. The number of primary amides is 1. The highest BCUT2D eigenvalue weighted by Crippen LogP contribution is 2.26. The van der Waals surface area contributed by atoms with E-state index >= 15 is 0 Å². The maximum atomic E-state index is 12.3. The summed E-state index contributed by atoms with van der Waals surface area (Å²) in [5.74, 6) is -1.24. The molecular weight excluding hydrogens is 318 g/mol. The molecule has 0 bridgehead atoms. The number of aryl methyl sites for hydroxylation is 2. The van der Waals surface area contributed by atoms with Crippen LogP contribution < -0.4 is 5.73 Å². The van der Waals surface area contributed by atoms with Crippen LogP contribution in [-0.2, 0) is 20.7 Å². The van der Waals surface area contributed by atoms with Gasteiger partial charge in [-0.1, -0.05) is 30.3 Å². The van der Waals surface area contributed by atoms with E-state index in [1.165, 1.54) is 0 Å². The fourth-order valence-electron chi connectivity index (χ4n) is 2.72. The van der Waals surface area contributed by atoms with Gasteiger partial charge in [-0.25, -0.2) is 0 Å². The molecule has 1 unspecified atom stereocenters. The summed E-state index contributed by atoms with van der Waals surface area (Å²) in [4.78, 5) is 24.0. The van der Waals surface area contributed by atoms with Crippen molar-refractivity contribution in [2.24, 2.45) is 5.73 Å². The Morgan fingerprint density at radius 1 is 1.12 bits per heavy atom. The Morgan fingerprint density at radius 3 is 2.48 bits per heavy atom. The molecule has 3 aromatic rings. The number of rotatable bonds is 5. The molecule has 1 atom stereocenters. The van der Waals surface area contributed by atoms with Gasteiger partial charge in [-0.2, -0.15) is 0 Å². The second-order valence-corrected chi connectivity index (χ2v) is 6.05. The third kappa shape index (κ3) is 3.55. The zero-order valence-electron chi connectivity index (χ0n) is 14.1. The summed E-state index contributed by atoms with van der Waals surface area (Å²) in [6.07, 6.45) is 0.453. The monoisotopic (exact) mass is 337 g/mol. The number of hydrogen-bond acceptors (Lipinski definition) is 4. The highest BCUT2D eigenvalue weighted by molar-refractivity contribution is 5.88. The van der Waals surface area contributed by atoms with Gasteiger partial charge < -0.3 is 14.9 Å². The molecule has 3 rings (SSSR count). The number of hydrogen-bond donors (Lipinski definition) is 1. The first kappa shape index (κ1) is 16.8. The molecule has 0 saturated heterocycles. The van der Waals surface area contributed by atoms with Crippen molar-refractivity contribution in [1.29, 1.82) is 0 Å².